The van der Waals surface area contributed by atoms with Gasteiger partial charge in [-0.3, -0.25) is 9.69 Å². The van der Waals surface area contributed by atoms with Crippen LogP contribution in [0.5, 0.6) is 0 Å². The maximum Gasteiger partial charge on any atom is 0.319 e. The van der Waals surface area contributed by atoms with Crippen LogP contribution < -0.4 is 16.0 Å². The van der Waals surface area contributed by atoms with E-state index < -0.39 is 12.1 Å². The lowest BCUT2D eigenvalue weighted by Gasteiger charge is -2.36. The van der Waals surface area contributed by atoms with Gasteiger partial charge in [0.2, 0.25) is 5.91 Å². The number of carbonyl (C=O) groups excluding carboxylic acids is 2. The number of nitrogens with zero attached hydrogens (tertiary/aromatic N) is 1. The Morgan fingerprint density at radius 3 is 2.61 bits per heavy atom. The molecule has 0 spiro atoms. The number of ether oxygens (including phenoxy) is 2. The standard InChI is InChI=1S/C21H31FN4O5/c22-15-1-3-16(4-2-15)24-21(29)25-18-6-5-17(31-19(18)14-27)7-8-23-20(28)13-26-9-11-30-12-10-26/h1-4,17-19,27H,5-14H2,(H,23,28)(H2,24,25,29)/t17-,18+,19+/m1/s1. The SMILES string of the molecule is O=C(CN1CCOCC1)NCC[C@H]1CC[C@H](NC(=O)Nc2ccc(F)cc2)[C@H](CO)O1. The van der Waals surface area contributed by atoms with E-state index in [1.165, 1.54) is 24.3 Å². The third-order valence-corrected chi connectivity index (χ3v) is 5.47. The highest BCUT2D eigenvalue weighted by Gasteiger charge is 2.31. The van der Waals surface area contributed by atoms with Crippen molar-refractivity contribution >= 4 is 17.6 Å². The van der Waals surface area contributed by atoms with Crippen LogP contribution in [0.4, 0.5) is 14.9 Å². The van der Waals surface area contributed by atoms with E-state index in [4.69, 9.17) is 9.47 Å². The summed E-state index contributed by atoms with van der Waals surface area (Å²) in [5, 5.41) is 18.0. The minimum atomic E-state index is -0.526. The van der Waals surface area contributed by atoms with Crippen LogP contribution in [0, 0.1) is 5.82 Å². The summed E-state index contributed by atoms with van der Waals surface area (Å²) in [6.07, 6.45) is 1.37. The van der Waals surface area contributed by atoms with Gasteiger partial charge in [0.25, 0.3) is 0 Å². The lowest BCUT2D eigenvalue weighted by molar-refractivity contribution is -0.123. The largest absolute Gasteiger partial charge is 0.394 e. The highest BCUT2D eigenvalue weighted by atomic mass is 19.1. The van der Waals surface area contributed by atoms with Gasteiger partial charge >= 0.3 is 6.03 Å². The van der Waals surface area contributed by atoms with Gasteiger partial charge in [-0.1, -0.05) is 0 Å². The Morgan fingerprint density at radius 1 is 1.16 bits per heavy atom. The Balaban J connectivity index is 1.36. The third kappa shape index (κ3) is 7.73. The van der Waals surface area contributed by atoms with Crippen LogP contribution in [0.15, 0.2) is 24.3 Å². The monoisotopic (exact) mass is 438 g/mol. The molecule has 2 heterocycles. The van der Waals surface area contributed by atoms with Gasteiger partial charge in [-0.15, -0.1) is 0 Å². The summed E-state index contributed by atoms with van der Waals surface area (Å²) in [5.41, 5.74) is 0.474. The van der Waals surface area contributed by atoms with E-state index in [1.54, 1.807) is 0 Å². The number of aliphatic hydroxyl groups is 1. The van der Waals surface area contributed by atoms with E-state index in [9.17, 15) is 19.1 Å². The highest BCUT2D eigenvalue weighted by molar-refractivity contribution is 5.89. The van der Waals surface area contributed by atoms with Crippen LogP contribution >= 0.6 is 0 Å². The summed E-state index contributed by atoms with van der Waals surface area (Å²) in [6.45, 7) is 3.48. The van der Waals surface area contributed by atoms with Gasteiger partial charge in [-0.05, 0) is 43.5 Å². The molecule has 4 N–H and O–H groups in total. The summed E-state index contributed by atoms with van der Waals surface area (Å²) < 4.78 is 24.2. The molecule has 0 saturated carbocycles. The van der Waals surface area contributed by atoms with Crippen molar-refractivity contribution < 1.29 is 28.6 Å². The van der Waals surface area contributed by atoms with Crippen LogP contribution in [0.1, 0.15) is 19.3 Å². The predicted molar refractivity (Wildman–Crippen MR) is 112 cm³/mol. The smallest absolute Gasteiger partial charge is 0.319 e. The number of benzene rings is 1. The van der Waals surface area contributed by atoms with Gasteiger partial charge in [0.1, 0.15) is 11.9 Å². The molecule has 1 aromatic rings. The second-order valence-corrected chi connectivity index (χ2v) is 7.80. The fourth-order valence-electron chi connectivity index (χ4n) is 3.77. The zero-order valence-corrected chi connectivity index (χ0v) is 17.5. The quantitative estimate of drug-likeness (QED) is 0.475. The number of nitrogens with one attached hydrogen (secondary N) is 3. The number of amides is 3. The topological polar surface area (TPSA) is 112 Å². The second kappa shape index (κ2) is 11.9. The van der Waals surface area contributed by atoms with Crippen LogP contribution in [0.2, 0.25) is 0 Å². The fourth-order valence-corrected chi connectivity index (χ4v) is 3.77. The summed E-state index contributed by atoms with van der Waals surface area (Å²) >= 11 is 0. The summed E-state index contributed by atoms with van der Waals surface area (Å²) in [7, 11) is 0. The van der Waals surface area contributed by atoms with Crippen molar-refractivity contribution in [3.05, 3.63) is 30.1 Å². The number of urea groups is 1. The van der Waals surface area contributed by atoms with Gasteiger partial charge in [0.15, 0.2) is 0 Å². The van der Waals surface area contributed by atoms with Crippen molar-refractivity contribution in [3.63, 3.8) is 0 Å². The van der Waals surface area contributed by atoms with Gasteiger partial charge in [-0.2, -0.15) is 0 Å². The van der Waals surface area contributed by atoms with Crippen LogP contribution in [0.3, 0.4) is 0 Å². The number of aliphatic hydroxyl groups excluding tert-OH is 1. The molecule has 1 aromatic carbocycles. The van der Waals surface area contributed by atoms with E-state index in [2.05, 4.69) is 20.9 Å². The summed E-state index contributed by atoms with van der Waals surface area (Å²) in [6, 6.07) is 4.70. The number of anilines is 1. The molecular formula is C21H31FN4O5. The average Bonchev–Trinajstić information content (AvgIpc) is 2.77. The molecule has 0 aromatic heterocycles. The van der Waals surface area contributed by atoms with Crippen molar-refractivity contribution in [2.75, 3.05) is 51.3 Å². The molecule has 2 aliphatic rings. The molecule has 31 heavy (non-hydrogen) atoms. The number of halogens is 1. The van der Waals surface area contributed by atoms with E-state index in [0.717, 1.165) is 13.1 Å². The Hall–Kier alpha value is -2.27. The molecular weight excluding hydrogens is 407 g/mol. The minimum absolute atomic E-state index is 0.0200. The first kappa shape index (κ1) is 23.4. The molecule has 2 fully saturated rings. The van der Waals surface area contributed by atoms with Crippen molar-refractivity contribution in [2.24, 2.45) is 0 Å². The molecule has 3 rings (SSSR count). The molecule has 10 heteroatoms. The first-order valence-electron chi connectivity index (χ1n) is 10.7. The molecule has 3 amide bonds. The second-order valence-electron chi connectivity index (χ2n) is 7.80. The number of rotatable bonds is 8. The molecule has 0 bridgehead atoms. The first-order valence-corrected chi connectivity index (χ1v) is 10.7. The highest BCUT2D eigenvalue weighted by Crippen LogP contribution is 2.22. The number of hydrogen-bond acceptors (Lipinski definition) is 6. The van der Waals surface area contributed by atoms with Crippen molar-refractivity contribution in [1.82, 2.24) is 15.5 Å². The average molecular weight is 439 g/mol. The molecule has 9 nitrogen and oxygen atoms in total. The van der Waals surface area contributed by atoms with E-state index >= 15 is 0 Å². The summed E-state index contributed by atoms with van der Waals surface area (Å²) in [5.74, 6) is -0.399. The molecule has 0 radical (unpaired) electrons. The van der Waals surface area contributed by atoms with E-state index in [0.29, 0.717) is 51.3 Å². The zero-order chi connectivity index (χ0) is 22.1. The van der Waals surface area contributed by atoms with Gasteiger partial charge < -0.3 is 30.5 Å². The molecule has 3 atom stereocenters. The zero-order valence-electron chi connectivity index (χ0n) is 17.5. The number of morpholine rings is 1. The summed E-state index contributed by atoms with van der Waals surface area (Å²) in [4.78, 5) is 26.3. The first-order chi connectivity index (χ1) is 15.0. The van der Waals surface area contributed by atoms with E-state index in [-0.39, 0.29) is 30.5 Å². The van der Waals surface area contributed by atoms with Gasteiger partial charge in [0, 0.05) is 25.3 Å². The van der Waals surface area contributed by atoms with Gasteiger partial charge in [-0.25, -0.2) is 9.18 Å². The minimum Gasteiger partial charge on any atom is -0.394 e. The maximum atomic E-state index is 13.0. The fraction of sp³-hybridized carbons (Fsp3) is 0.619. The predicted octanol–water partition coefficient (Wildman–Crippen LogP) is 0.694. The van der Waals surface area contributed by atoms with Gasteiger partial charge in [0.05, 0.1) is 38.5 Å². The Morgan fingerprint density at radius 2 is 1.90 bits per heavy atom. The Kier molecular flexibility index (Phi) is 9.01. The molecule has 0 aliphatic carbocycles. The lowest BCUT2D eigenvalue weighted by atomic mass is 9.97. The van der Waals surface area contributed by atoms with Crippen molar-refractivity contribution in [3.8, 4) is 0 Å². The normalized spacial score (nSPS) is 24.4. The van der Waals surface area contributed by atoms with Crippen LogP contribution in [-0.4, -0.2) is 86.2 Å². The lowest BCUT2D eigenvalue weighted by Crippen LogP contribution is -2.52. The maximum absolute atomic E-state index is 13.0. The molecule has 0 unspecified atom stereocenters. The van der Waals surface area contributed by atoms with Crippen molar-refractivity contribution in [2.45, 2.75) is 37.5 Å². The molecule has 2 aliphatic heterocycles. The van der Waals surface area contributed by atoms with E-state index in [1.807, 2.05) is 0 Å². The van der Waals surface area contributed by atoms with Crippen LogP contribution in [0.25, 0.3) is 0 Å². The van der Waals surface area contributed by atoms with Crippen molar-refractivity contribution in [1.29, 1.82) is 0 Å². The van der Waals surface area contributed by atoms with Crippen LogP contribution in [-0.2, 0) is 14.3 Å². The third-order valence-electron chi connectivity index (χ3n) is 5.47. The molecule has 172 valence electrons. The molecule has 2 saturated heterocycles. The Labute approximate surface area is 181 Å². The Bertz CT molecular complexity index is 714. The number of hydrogen-bond donors (Lipinski definition) is 4. The number of carbonyl (C=O) groups is 2.